The second-order valence-corrected chi connectivity index (χ2v) is 5.37. The predicted molar refractivity (Wildman–Crippen MR) is 73.2 cm³/mol. The van der Waals surface area contributed by atoms with Crippen molar-refractivity contribution in [1.82, 2.24) is 0 Å². The van der Waals surface area contributed by atoms with Crippen molar-refractivity contribution in [3.63, 3.8) is 0 Å². The van der Waals surface area contributed by atoms with Crippen molar-refractivity contribution in [2.24, 2.45) is 17.6 Å². The lowest BCUT2D eigenvalue weighted by molar-refractivity contribution is -0.137. The van der Waals surface area contributed by atoms with Crippen LogP contribution in [0.5, 0.6) is 0 Å². The molecule has 1 fully saturated rings. The lowest BCUT2D eigenvalue weighted by Gasteiger charge is -2.14. The van der Waals surface area contributed by atoms with Crippen LogP contribution in [0, 0.1) is 11.8 Å². The van der Waals surface area contributed by atoms with Crippen molar-refractivity contribution in [1.29, 1.82) is 0 Å². The summed E-state index contributed by atoms with van der Waals surface area (Å²) in [5.41, 5.74) is 4.20. The van der Waals surface area contributed by atoms with E-state index in [1.807, 2.05) is 6.92 Å². The second kappa shape index (κ2) is 5.05. The number of amides is 1. The standard InChI is InChI=1S/C13H13F3N2OS/c1-6-4-9(6)12(19)18-7-2-3-8(11(17)20)10(5-7)13(14,15)16/h2-3,5-6,9H,4H2,1H3,(H2,17,20)(H,18,19). The molecule has 1 aliphatic rings. The Morgan fingerprint density at radius 1 is 1.45 bits per heavy atom. The average Bonchev–Trinajstić information content (AvgIpc) is 3.05. The molecule has 3 N–H and O–H groups in total. The maximum Gasteiger partial charge on any atom is 0.417 e. The fourth-order valence-electron chi connectivity index (χ4n) is 1.99. The Bertz CT molecular complexity index is 571. The number of thiocarbonyl (C=S) groups is 1. The fourth-order valence-corrected chi connectivity index (χ4v) is 2.17. The van der Waals surface area contributed by atoms with Crippen LogP contribution in [0.3, 0.4) is 0 Å². The predicted octanol–water partition coefficient (Wildman–Crippen LogP) is 2.93. The van der Waals surface area contributed by atoms with E-state index in [-0.39, 0.29) is 34.0 Å². The molecule has 1 saturated carbocycles. The Morgan fingerprint density at radius 2 is 2.05 bits per heavy atom. The summed E-state index contributed by atoms with van der Waals surface area (Å²) < 4.78 is 38.8. The first-order valence-corrected chi connectivity index (χ1v) is 6.43. The summed E-state index contributed by atoms with van der Waals surface area (Å²) >= 11 is 4.61. The summed E-state index contributed by atoms with van der Waals surface area (Å²) in [4.78, 5) is 11.4. The van der Waals surface area contributed by atoms with Gasteiger partial charge in [0.05, 0.1) is 5.56 Å². The molecule has 2 unspecified atom stereocenters. The van der Waals surface area contributed by atoms with Gasteiger partial charge in [-0.25, -0.2) is 0 Å². The molecule has 0 saturated heterocycles. The van der Waals surface area contributed by atoms with E-state index in [2.05, 4.69) is 17.5 Å². The number of nitrogens with two attached hydrogens (primary N) is 1. The molecule has 2 atom stereocenters. The van der Waals surface area contributed by atoms with E-state index in [0.29, 0.717) is 0 Å². The lowest BCUT2D eigenvalue weighted by atomic mass is 10.1. The molecular formula is C13H13F3N2OS. The third-order valence-corrected chi connectivity index (χ3v) is 3.52. The van der Waals surface area contributed by atoms with E-state index >= 15 is 0 Å². The van der Waals surface area contributed by atoms with Crippen LogP contribution < -0.4 is 11.1 Å². The normalized spacial score (nSPS) is 21.4. The first-order valence-electron chi connectivity index (χ1n) is 6.02. The summed E-state index contributed by atoms with van der Waals surface area (Å²) in [5.74, 6) is -0.0822. The summed E-state index contributed by atoms with van der Waals surface area (Å²) in [6.45, 7) is 1.92. The molecule has 0 aliphatic heterocycles. The topological polar surface area (TPSA) is 55.1 Å². The Kier molecular flexibility index (Phi) is 3.73. The van der Waals surface area contributed by atoms with Crippen LogP contribution in [-0.2, 0) is 11.0 Å². The molecule has 3 nitrogen and oxygen atoms in total. The highest BCUT2D eigenvalue weighted by Gasteiger charge is 2.39. The summed E-state index contributed by atoms with van der Waals surface area (Å²) in [6.07, 6.45) is -3.81. The van der Waals surface area contributed by atoms with Crippen LogP contribution in [0.1, 0.15) is 24.5 Å². The number of rotatable bonds is 3. The zero-order chi connectivity index (χ0) is 15.1. The zero-order valence-electron chi connectivity index (χ0n) is 10.6. The van der Waals surface area contributed by atoms with E-state index in [1.165, 1.54) is 12.1 Å². The monoisotopic (exact) mass is 302 g/mol. The van der Waals surface area contributed by atoms with Crippen LogP contribution in [-0.4, -0.2) is 10.9 Å². The summed E-state index contributed by atoms with van der Waals surface area (Å²) in [6, 6.07) is 3.41. The van der Waals surface area contributed by atoms with Gasteiger partial charge in [-0.1, -0.05) is 19.1 Å². The zero-order valence-corrected chi connectivity index (χ0v) is 11.4. The Labute approximate surface area is 119 Å². The SMILES string of the molecule is CC1CC1C(=O)Nc1ccc(C(N)=S)c(C(F)(F)F)c1. The molecule has 7 heteroatoms. The van der Waals surface area contributed by atoms with Gasteiger partial charge in [-0.05, 0) is 30.5 Å². The maximum atomic E-state index is 12.9. The maximum absolute atomic E-state index is 12.9. The molecule has 1 amide bonds. The number of alkyl halides is 3. The van der Waals surface area contributed by atoms with Crippen LogP contribution in [0.15, 0.2) is 18.2 Å². The summed E-state index contributed by atoms with van der Waals surface area (Å²) in [7, 11) is 0. The van der Waals surface area contributed by atoms with Crippen molar-refractivity contribution in [3.05, 3.63) is 29.3 Å². The van der Waals surface area contributed by atoms with Gasteiger partial charge in [0.25, 0.3) is 0 Å². The number of nitrogens with one attached hydrogen (secondary N) is 1. The first-order chi connectivity index (χ1) is 9.20. The largest absolute Gasteiger partial charge is 0.417 e. The molecule has 0 heterocycles. The third-order valence-electron chi connectivity index (χ3n) is 3.30. The Morgan fingerprint density at radius 3 is 2.50 bits per heavy atom. The Hall–Kier alpha value is -1.63. The van der Waals surface area contributed by atoms with Crippen LogP contribution in [0.2, 0.25) is 0 Å². The molecule has 108 valence electrons. The van der Waals surface area contributed by atoms with E-state index in [0.717, 1.165) is 12.5 Å². The highest BCUT2D eigenvalue weighted by Crippen LogP contribution is 2.39. The number of benzene rings is 1. The second-order valence-electron chi connectivity index (χ2n) is 4.93. The van der Waals surface area contributed by atoms with Gasteiger partial charge in [0.15, 0.2) is 0 Å². The molecule has 20 heavy (non-hydrogen) atoms. The van der Waals surface area contributed by atoms with E-state index in [9.17, 15) is 18.0 Å². The van der Waals surface area contributed by atoms with Gasteiger partial charge in [0, 0.05) is 17.2 Å². The highest BCUT2D eigenvalue weighted by molar-refractivity contribution is 7.80. The van der Waals surface area contributed by atoms with Gasteiger partial charge in [0.1, 0.15) is 4.99 Å². The lowest BCUT2D eigenvalue weighted by Crippen LogP contribution is -2.19. The van der Waals surface area contributed by atoms with Crippen molar-refractivity contribution in [2.75, 3.05) is 5.32 Å². The van der Waals surface area contributed by atoms with Gasteiger partial charge in [-0.15, -0.1) is 0 Å². The Balaban J connectivity index is 2.28. The quantitative estimate of drug-likeness (QED) is 0.844. The van der Waals surface area contributed by atoms with Gasteiger partial charge >= 0.3 is 6.18 Å². The van der Waals surface area contributed by atoms with Gasteiger partial charge in [0.2, 0.25) is 5.91 Å². The minimum atomic E-state index is -4.58. The van der Waals surface area contributed by atoms with Crippen LogP contribution in [0.4, 0.5) is 18.9 Å². The highest BCUT2D eigenvalue weighted by atomic mass is 32.1. The van der Waals surface area contributed by atoms with Crippen molar-refractivity contribution in [2.45, 2.75) is 19.5 Å². The number of hydrogen-bond donors (Lipinski definition) is 2. The smallest absolute Gasteiger partial charge is 0.389 e. The van der Waals surface area contributed by atoms with Gasteiger partial charge < -0.3 is 11.1 Å². The van der Waals surface area contributed by atoms with E-state index in [4.69, 9.17) is 5.73 Å². The van der Waals surface area contributed by atoms with Gasteiger partial charge in [-0.2, -0.15) is 13.2 Å². The van der Waals surface area contributed by atoms with Crippen molar-refractivity contribution < 1.29 is 18.0 Å². The van der Waals surface area contributed by atoms with Crippen LogP contribution in [0.25, 0.3) is 0 Å². The molecular weight excluding hydrogens is 289 g/mol. The molecule has 0 aromatic heterocycles. The molecule has 1 aliphatic carbocycles. The number of carbonyl (C=O) groups is 1. The third kappa shape index (κ3) is 3.09. The minimum Gasteiger partial charge on any atom is -0.389 e. The first kappa shape index (κ1) is 14.8. The molecule has 2 rings (SSSR count). The number of carbonyl (C=O) groups excluding carboxylic acids is 1. The van der Waals surface area contributed by atoms with E-state index < -0.39 is 11.7 Å². The van der Waals surface area contributed by atoms with E-state index in [1.54, 1.807) is 0 Å². The number of halogens is 3. The molecule has 0 spiro atoms. The van der Waals surface area contributed by atoms with Crippen LogP contribution >= 0.6 is 12.2 Å². The minimum absolute atomic E-state index is 0.0985. The molecule has 0 radical (unpaired) electrons. The van der Waals surface area contributed by atoms with Crippen molar-refractivity contribution in [3.8, 4) is 0 Å². The number of anilines is 1. The number of hydrogen-bond acceptors (Lipinski definition) is 2. The molecule has 1 aromatic rings. The summed E-state index contributed by atoms with van der Waals surface area (Å²) in [5, 5.41) is 2.49. The van der Waals surface area contributed by atoms with Gasteiger partial charge in [-0.3, -0.25) is 4.79 Å². The van der Waals surface area contributed by atoms with Crippen molar-refractivity contribution >= 4 is 28.8 Å². The molecule has 0 bridgehead atoms. The molecule has 1 aromatic carbocycles. The fraction of sp³-hybridized carbons (Fsp3) is 0.385. The average molecular weight is 302 g/mol.